The number of ether oxygens (including phenoxy) is 1. The highest BCUT2D eigenvalue weighted by Gasteiger charge is 2.51. The van der Waals surface area contributed by atoms with Gasteiger partial charge in [-0.25, -0.2) is 8.78 Å². The largest absolute Gasteiger partial charge is 0.459 e. The van der Waals surface area contributed by atoms with Crippen LogP contribution in [0.15, 0.2) is 6.07 Å². The van der Waals surface area contributed by atoms with Crippen molar-refractivity contribution in [1.29, 1.82) is 0 Å². The molecule has 0 spiro atoms. The van der Waals surface area contributed by atoms with Crippen molar-refractivity contribution >= 4 is 17.6 Å². The second-order valence-corrected chi connectivity index (χ2v) is 7.54. The number of benzene rings is 1. The molecule has 0 saturated carbocycles. The lowest BCUT2D eigenvalue weighted by molar-refractivity contribution is -0.153. The summed E-state index contributed by atoms with van der Waals surface area (Å²) >= 11 is 0. The summed E-state index contributed by atoms with van der Waals surface area (Å²) in [5.41, 5.74) is -5.85. The third kappa shape index (κ3) is 3.39. The van der Waals surface area contributed by atoms with Gasteiger partial charge >= 0.3 is 12.1 Å². The summed E-state index contributed by atoms with van der Waals surface area (Å²) in [6.45, 7) is 6.32. The number of hydrogen-bond acceptors (Lipinski definition) is 3. The van der Waals surface area contributed by atoms with E-state index in [9.17, 15) is 31.5 Å². The van der Waals surface area contributed by atoms with Crippen LogP contribution in [-0.4, -0.2) is 24.0 Å². The van der Waals surface area contributed by atoms with E-state index in [0.717, 1.165) is 0 Å². The van der Waals surface area contributed by atoms with Crippen LogP contribution in [0.1, 0.15) is 45.7 Å². The Morgan fingerprint density at radius 3 is 2.19 bits per heavy atom. The second-order valence-electron chi connectivity index (χ2n) is 7.54. The molecule has 144 valence electrons. The van der Waals surface area contributed by atoms with Gasteiger partial charge in [0.15, 0.2) is 0 Å². The van der Waals surface area contributed by atoms with E-state index in [0.29, 0.717) is 4.90 Å². The van der Waals surface area contributed by atoms with Crippen molar-refractivity contribution in [2.75, 3.05) is 11.4 Å². The molecule has 1 aliphatic heterocycles. The van der Waals surface area contributed by atoms with Crippen LogP contribution in [0.3, 0.4) is 0 Å². The summed E-state index contributed by atoms with van der Waals surface area (Å²) in [5, 5.41) is 0. The number of amides is 1. The average Bonchev–Trinajstić information content (AvgIpc) is 2.61. The molecule has 1 aromatic carbocycles. The first-order valence-electron chi connectivity index (χ1n) is 7.71. The van der Waals surface area contributed by atoms with E-state index in [4.69, 9.17) is 4.74 Å². The molecule has 1 aromatic rings. The Morgan fingerprint density at radius 2 is 1.73 bits per heavy atom. The van der Waals surface area contributed by atoms with Gasteiger partial charge in [0, 0.05) is 5.56 Å². The first kappa shape index (κ1) is 20.1. The van der Waals surface area contributed by atoms with Gasteiger partial charge in [0.1, 0.15) is 23.8 Å². The molecule has 4 nitrogen and oxygen atoms in total. The molecule has 26 heavy (non-hydrogen) atoms. The summed E-state index contributed by atoms with van der Waals surface area (Å²) in [4.78, 5) is 25.2. The summed E-state index contributed by atoms with van der Waals surface area (Å²) in [6.07, 6.45) is -5.13. The van der Waals surface area contributed by atoms with Crippen LogP contribution in [0, 0.1) is 11.6 Å². The number of rotatable bonds is 2. The van der Waals surface area contributed by atoms with E-state index in [1.54, 1.807) is 20.8 Å². The molecule has 0 bridgehead atoms. The predicted molar refractivity (Wildman–Crippen MR) is 82.6 cm³/mol. The molecule has 0 radical (unpaired) electrons. The molecule has 0 aromatic heterocycles. The van der Waals surface area contributed by atoms with Gasteiger partial charge in [-0.1, -0.05) is 0 Å². The summed E-state index contributed by atoms with van der Waals surface area (Å²) in [5.74, 6) is -4.94. The van der Waals surface area contributed by atoms with E-state index in [-0.39, 0.29) is 6.07 Å². The molecule has 0 saturated heterocycles. The number of alkyl halides is 3. The normalized spacial score (nSPS) is 16.7. The standard InChI is InChI=1S/C17H18F5NO3/c1-15(2,3)26-10(24)7-23-13-9(18)6-8(17(20,21)22)12(19)11(13)16(4,5)14(23)25/h6H,7H2,1-5H3. The topological polar surface area (TPSA) is 46.6 Å². The molecule has 9 heteroatoms. The van der Waals surface area contributed by atoms with Crippen molar-refractivity contribution in [3.8, 4) is 0 Å². The number of halogens is 5. The number of esters is 1. The molecule has 1 aliphatic rings. The van der Waals surface area contributed by atoms with Crippen LogP contribution in [-0.2, 0) is 25.9 Å². The number of carbonyl (C=O) groups excluding carboxylic acids is 2. The van der Waals surface area contributed by atoms with Crippen molar-refractivity contribution in [3.05, 3.63) is 28.8 Å². The van der Waals surface area contributed by atoms with E-state index < -0.39 is 64.1 Å². The van der Waals surface area contributed by atoms with E-state index in [1.165, 1.54) is 13.8 Å². The number of nitrogens with zero attached hydrogens (tertiary/aromatic N) is 1. The fraction of sp³-hybridized carbons (Fsp3) is 0.529. The van der Waals surface area contributed by atoms with Gasteiger partial charge in [0.05, 0.1) is 16.7 Å². The van der Waals surface area contributed by atoms with Crippen LogP contribution in [0.2, 0.25) is 0 Å². The molecule has 0 N–H and O–H groups in total. The van der Waals surface area contributed by atoms with Gasteiger partial charge in [-0.2, -0.15) is 13.2 Å². The van der Waals surface area contributed by atoms with Crippen LogP contribution in [0.25, 0.3) is 0 Å². The Morgan fingerprint density at radius 1 is 1.19 bits per heavy atom. The highest BCUT2D eigenvalue weighted by molar-refractivity contribution is 6.10. The molecule has 0 atom stereocenters. The molecule has 0 unspecified atom stereocenters. The van der Waals surface area contributed by atoms with Crippen molar-refractivity contribution in [1.82, 2.24) is 0 Å². The number of carbonyl (C=O) groups is 2. The Bertz CT molecular complexity index is 778. The van der Waals surface area contributed by atoms with Crippen molar-refractivity contribution < 1.29 is 36.3 Å². The zero-order chi connectivity index (χ0) is 20.2. The van der Waals surface area contributed by atoms with E-state index in [1.807, 2.05) is 0 Å². The van der Waals surface area contributed by atoms with E-state index in [2.05, 4.69) is 0 Å². The zero-order valence-electron chi connectivity index (χ0n) is 14.8. The van der Waals surface area contributed by atoms with Gasteiger partial charge in [0.25, 0.3) is 0 Å². The third-order valence-electron chi connectivity index (χ3n) is 3.88. The first-order valence-corrected chi connectivity index (χ1v) is 7.71. The summed E-state index contributed by atoms with van der Waals surface area (Å²) in [6, 6.07) is -0.00899. The quantitative estimate of drug-likeness (QED) is 0.578. The smallest absolute Gasteiger partial charge is 0.419 e. The third-order valence-corrected chi connectivity index (χ3v) is 3.88. The maximum absolute atomic E-state index is 14.5. The first-order chi connectivity index (χ1) is 11.6. The monoisotopic (exact) mass is 379 g/mol. The van der Waals surface area contributed by atoms with Crippen molar-refractivity contribution in [3.63, 3.8) is 0 Å². The lowest BCUT2D eigenvalue weighted by Gasteiger charge is -2.23. The van der Waals surface area contributed by atoms with Crippen LogP contribution in [0.4, 0.5) is 27.6 Å². The minimum absolute atomic E-state index is 0.00899. The fourth-order valence-electron chi connectivity index (χ4n) is 2.86. The molecule has 1 heterocycles. The molecular formula is C17H18F5NO3. The fourth-order valence-corrected chi connectivity index (χ4v) is 2.86. The second kappa shape index (κ2) is 5.92. The Kier molecular flexibility index (Phi) is 4.58. The SMILES string of the molecule is CC(C)(C)OC(=O)CN1C(=O)C(C)(C)c2c(F)c(C(F)(F)F)cc(F)c21. The Labute approximate surface area is 146 Å². The summed E-state index contributed by atoms with van der Waals surface area (Å²) < 4.78 is 72.9. The van der Waals surface area contributed by atoms with Crippen LogP contribution >= 0.6 is 0 Å². The minimum atomic E-state index is -5.13. The Balaban J connectivity index is 2.58. The molecule has 2 rings (SSSR count). The van der Waals surface area contributed by atoms with Gasteiger partial charge in [-0.3, -0.25) is 14.5 Å². The van der Waals surface area contributed by atoms with E-state index >= 15 is 0 Å². The molecular weight excluding hydrogens is 361 g/mol. The van der Waals surface area contributed by atoms with Gasteiger partial charge in [-0.15, -0.1) is 0 Å². The number of hydrogen-bond donors (Lipinski definition) is 0. The van der Waals surface area contributed by atoms with Crippen LogP contribution in [0.5, 0.6) is 0 Å². The maximum atomic E-state index is 14.5. The minimum Gasteiger partial charge on any atom is -0.459 e. The molecule has 1 amide bonds. The lowest BCUT2D eigenvalue weighted by Crippen LogP contribution is -2.41. The number of fused-ring (bicyclic) bond motifs is 1. The summed E-state index contributed by atoms with van der Waals surface area (Å²) in [7, 11) is 0. The van der Waals surface area contributed by atoms with Gasteiger partial charge in [-0.05, 0) is 40.7 Å². The maximum Gasteiger partial charge on any atom is 0.419 e. The number of anilines is 1. The zero-order valence-corrected chi connectivity index (χ0v) is 14.8. The van der Waals surface area contributed by atoms with Crippen molar-refractivity contribution in [2.24, 2.45) is 0 Å². The van der Waals surface area contributed by atoms with Crippen molar-refractivity contribution in [2.45, 2.75) is 51.8 Å². The highest BCUT2D eigenvalue weighted by atomic mass is 19.4. The lowest BCUT2D eigenvalue weighted by atomic mass is 9.84. The predicted octanol–water partition coefficient (Wildman–Crippen LogP) is 3.95. The van der Waals surface area contributed by atoms with Crippen LogP contribution < -0.4 is 4.90 Å². The molecule has 0 fully saturated rings. The Hall–Kier alpha value is -2.19. The highest BCUT2D eigenvalue weighted by Crippen LogP contribution is 2.47. The average molecular weight is 379 g/mol. The molecule has 0 aliphatic carbocycles. The van der Waals surface area contributed by atoms with Gasteiger partial charge < -0.3 is 4.74 Å². The van der Waals surface area contributed by atoms with Gasteiger partial charge in [0.2, 0.25) is 5.91 Å².